The van der Waals surface area contributed by atoms with E-state index in [4.69, 9.17) is 0 Å². The van der Waals surface area contributed by atoms with Crippen LogP contribution < -0.4 is 0 Å². The fourth-order valence-corrected chi connectivity index (χ4v) is 2.69. The number of benzene rings is 2. The van der Waals surface area contributed by atoms with Crippen LogP contribution in [0.3, 0.4) is 0 Å². The minimum atomic E-state index is -3.27. The largest absolute Gasteiger partial charge is 0.384 e. The fourth-order valence-electron chi connectivity index (χ4n) is 1.75. The van der Waals surface area contributed by atoms with E-state index < -0.39 is 15.9 Å². The molecule has 2 aromatic rings. The Morgan fingerprint density at radius 3 is 2.26 bits per heavy atom. The van der Waals surface area contributed by atoms with E-state index in [1.54, 1.807) is 24.3 Å². The van der Waals surface area contributed by atoms with Crippen molar-refractivity contribution in [1.82, 2.24) is 0 Å². The van der Waals surface area contributed by atoms with E-state index in [1.807, 2.05) is 12.1 Å². The highest BCUT2D eigenvalue weighted by Crippen LogP contribution is 2.25. The second kappa shape index (κ2) is 5.45. The average molecular weight is 341 g/mol. The molecule has 2 rings (SSSR count). The number of halogens is 1. The van der Waals surface area contributed by atoms with E-state index in [0.717, 1.165) is 10.7 Å². The lowest BCUT2D eigenvalue weighted by atomic mass is 10.0. The molecule has 0 spiro atoms. The smallest absolute Gasteiger partial charge is 0.175 e. The summed E-state index contributed by atoms with van der Waals surface area (Å²) >= 11 is 3.33. The maximum atomic E-state index is 11.5. The third kappa shape index (κ3) is 3.43. The molecule has 0 saturated carbocycles. The Morgan fingerprint density at radius 2 is 1.68 bits per heavy atom. The van der Waals surface area contributed by atoms with Crippen LogP contribution in [0.4, 0.5) is 0 Å². The number of rotatable bonds is 3. The predicted molar refractivity (Wildman–Crippen MR) is 77.8 cm³/mol. The van der Waals surface area contributed by atoms with Crippen molar-refractivity contribution in [1.29, 1.82) is 0 Å². The van der Waals surface area contributed by atoms with Gasteiger partial charge in [0.05, 0.1) is 4.90 Å². The van der Waals surface area contributed by atoms with Gasteiger partial charge in [0.15, 0.2) is 9.84 Å². The molecule has 0 aliphatic heterocycles. The van der Waals surface area contributed by atoms with Crippen LogP contribution in [0.2, 0.25) is 0 Å². The van der Waals surface area contributed by atoms with Gasteiger partial charge in [-0.05, 0) is 35.4 Å². The first-order valence-corrected chi connectivity index (χ1v) is 8.30. The molecule has 19 heavy (non-hydrogen) atoms. The Balaban J connectivity index is 2.39. The Hall–Kier alpha value is -1.17. The van der Waals surface area contributed by atoms with Gasteiger partial charge in [-0.3, -0.25) is 0 Å². The molecule has 100 valence electrons. The highest BCUT2D eigenvalue weighted by molar-refractivity contribution is 9.10. The number of hydrogen-bond acceptors (Lipinski definition) is 3. The zero-order valence-electron chi connectivity index (χ0n) is 10.2. The summed E-state index contributed by atoms with van der Waals surface area (Å²) in [4.78, 5) is 0.209. The van der Waals surface area contributed by atoms with Gasteiger partial charge in [-0.1, -0.05) is 40.2 Å². The first kappa shape index (κ1) is 14.2. The average Bonchev–Trinajstić information content (AvgIpc) is 2.38. The van der Waals surface area contributed by atoms with E-state index in [0.29, 0.717) is 11.1 Å². The molecular weight excluding hydrogens is 328 g/mol. The van der Waals surface area contributed by atoms with Crippen molar-refractivity contribution in [2.24, 2.45) is 0 Å². The van der Waals surface area contributed by atoms with Crippen molar-refractivity contribution in [3.63, 3.8) is 0 Å². The van der Waals surface area contributed by atoms with Crippen molar-refractivity contribution in [3.05, 3.63) is 64.1 Å². The quantitative estimate of drug-likeness (QED) is 0.934. The lowest BCUT2D eigenvalue weighted by molar-refractivity contribution is 0.220. The second-order valence-electron chi connectivity index (χ2n) is 4.30. The second-order valence-corrected chi connectivity index (χ2v) is 7.23. The molecule has 0 amide bonds. The molecule has 0 bridgehead atoms. The first-order chi connectivity index (χ1) is 8.88. The molecule has 0 heterocycles. The Morgan fingerprint density at radius 1 is 1.05 bits per heavy atom. The topological polar surface area (TPSA) is 54.4 Å². The highest BCUT2D eigenvalue weighted by Gasteiger charge is 2.13. The molecule has 1 N–H and O–H groups in total. The van der Waals surface area contributed by atoms with E-state index in [2.05, 4.69) is 15.9 Å². The third-order valence-corrected chi connectivity index (χ3v) is 4.43. The van der Waals surface area contributed by atoms with E-state index in [1.165, 1.54) is 12.1 Å². The van der Waals surface area contributed by atoms with Crippen LogP contribution in [0.15, 0.2) is 57.9 Å². The van der Waals surface area contributed by atoms with Crippen molar-refractivity contribution >= 4 is 25.8 Å². The molecule has 5 heteroatoms. The molecule has 0 fully saturated rings. The maximum absolute atomic E-state index is 11.5. The van der Waals surface area contributed by atoms with Gasteiger partial charge in [0.25, 0.3) is 0 Å². The predicted octanol–water partition coefficient (Wildman–Crippen LogP) is 2.93. The summed E-state index contributed by atoms with van der Waals surface area (Å²) in [6.45, 7) is 0. The van der Waals surface area contributed by atoms with Gasteiger partial charge in [-0.2, -0.15) is 0 Å². The van der Waals surface area contributed by atoms with E-state index in [-0.39, 0.29) is 4.90 Å². The normalized spacial score (nSPS) is 13.2. The van der Waals surface area contributed by atoms with Gasteiger partial charge in [0.2, 0.25) is 0 Å². The zero-order chi connectivity index (χ0) is 14.0. The van der Waals surface area contributed by atoms with E-state index in [9.17, 15) is 13.5 Å². The molecule has 0 aliphatic carbocycles. The lowest BCUT2D eigenvalue weighted by Gasteiger charge is -2.12. The molecule has 3 nitrogen and oxygen atoms in total. The molecule has 1 unspecified atom stereocenters. The Kier molecular flexibility index (Phi) is 4.08. The molecule has 0 saturated heterocycles. The molecule has 0 aliphatic rings. The summed E-state index contributed by atoms with van der Waals surface area (Å²) in [7, 11) is -3.27. The van der Waals surface area contributed by atoms with Crippen molar-refractivity contribution in [3.8, 4) is 0 Å². The number of hydrogen-bond donors (Lipinski definition) is 1. The summed E-state index contributed by atoms with van der Waals surface area (Å²) in [5.41, 5.74) is 1.28. The van der Waals surface area contributed by atoms with Gasteiger partial charge in [0, 0.05) is 10.7 Å². The van der Waals surface area contributed by atoms with Gasteiger partial charge in [-0.25, -0.2) is 8.42 Å². The maximum Gasteiger partial charge on any atom is 0.175 e. The van der Waals surface area contributed by atoms with Crippen LogP contribution >= 0.6 is 15.9 Å². The van der Waals surface area contributed by atoms with Crippen LogP contribution in [0.25, 0.3) is 0 Å². The summed E-state index contributed by atoms with van der Waals surface area (Å²) in [5, 5.41) is 10.3. The van der Waals surface area contributed by atoms with E-state index >= 15 is 0 Å². The first-order valence-electron chi connectivity index (χ1n) is 5.61. The molecule has 0 aromatic heterocycles. The van der Waals surface area contributed by atoms with Crippen molar-refractivity contribution in [2.45, 2.75) is 11.0 Å². The standard InChI is InChI=1S/C14H13BrO3S/c1-19(17,18)13-4-2-3-11(9-13)14(16)10-5-7-12(15)8-6-10/h2-9,14,16H,1H3. The highest BCUT2D eigenvalue weighted by atomic mass is 79.9. The number of aliphatic hydroxyl groups is 1. The number of sulfone groups is 1. The van der Waals surface area contributed by atoms with Crippen LogP contribution in [0.5, 0.6) is 0 Å². The minimum Gasteiger partial charge on any atom is -0.384 e. The molecular formula is C14H13BrO3S. The third-order valence-electron chi connectivity index (χ3n) is 2.79. The lowest BCUT2D eigenvalue weighted by Crippen LogP contribution is -2.03. The van der Waals surface area contributed by atoms with Gasteiger partial charge in [0.1, 0.15) is 6.10 Å². The molecule has 1 atom stereocenters. The zero-order valence-corrected chi connectivity index (χ0v) is 12.6. The van der Waals surface area contributed by atoms with Crippen LogP contribution in [-0.2, 0) is 9.84 Å². The van der Waals surface area contributed by atoms with Crippen molar-refractivity contribution < 1.29 is 13.5 Å². The summed E-state index contributed by atoms with van der Waals surface area (Å²) < 4.78 is 23.9. The number of aliphatic hydroxyl groups excluding tert-OH is 1. The van der Waals surface area contributed by atoms with Crippen LogP contribution in [0.1, 0.15) is 17.2 Å². The molecule has 2 aromatic carbocycles. The fraction of sp³-hybridized carbons (Fsp3) is 0.143. The summed E-state index contributed by atoms with van der Waals surface area (Å²) in [6.07, 6.45) is 0.313. The minimum absolute atomic E-state index is 0.209. The van der Waals surface area contributed by atoms with Gasteiger partial charge >= 0.3 is 0 Å². The van der Waals surface area contributed by atoms with Crippen molar-refractivity contribution in [2.75, 3.05) is 6.26 Å². The Labute approximate surface area is 121 Å². The Bertz CT molecular complexity index is 678. The van der Waals surface area contributed by atoms with Gasteiger partial charge in [-0.15, -0.1) is 0 Å². The summed E-state index contributed by atoms with van der Waals surface area (Å²) in [6, 6.07) is 13.6. The van der Waals surface area contributed by atoms with Crippen LogP contribution in [-0.4, -0.2) is 19.8 Å². The van der Waals surface area contributed by atoms with Gasteiger partial charge < -0.3 is 5.11 Å². The summed E-state index contributed by atoms with van der Waals surface area (Å²) in [5.74, 6) is 0. The monoisotopic (exact) mass is 340 g/mol. The molecule has 0 radical (unpaired) electrons. The van der Waals surface area contributed by atoms with Crippen LogP contribution in [0, 0.1) is 0 Å². The SMILES string of the molecule is CS(=O)(=O)c1cccc(C(O)c2ccc(Br)cc2)c1.